The normalized spacial score (nSPS) is 25.5. The summed E-state index contributed by atoms with van der Waals surface area (Å²) in [6.45, 7) is 4.24. The first kappa shape index (κ1) is 14.5. The minimum atomic E-state index is -0.233. The van der Waals surface area contributed by atoms with Crippen LogP contribution in [0.5, 0.6) is 5.75 Å². The number of aliphatic imine (C=N–C) groups is 1. The van der Waals surface area contributed by atoms with Crippen LogP contribution in [0.4, 0.5) is 5.69 Å². The number of ketones is 1. The van der Waals surface area contributed by atoms with Gasteiger partial charge in [-0.2, -0.15) is 0 Å². The van der Waals surface area contributed by atoms with Gasteiger partial charge in [-0.25, -0.2) is 4.99 Å². The average molecular weight is 311 g/mol. The van der Waals surface area contributed by atoms with Gasteiger partial charge in [0.25, 0.3) is 0 Å². The number of Topliss-reactive ketones (excluding diaryl/α,β-unsaturated/α-hetero) is 1. The second-order valence-corrected chi connectivity index (χ2v) is 7.54. The lowest BCUT2D eigenvalue weighted by molar-refractivity contribution is -0.118. The highest BCUT2D eigenvalue weighted by Crippen LogP contribution is 2.62. The van der Waals surface area contributed by atoms with E-state index in [1.807, 2.05) is 24.3 Å². The number of methoxy groups -OCH3 is 1. The number of benzene rings is 1. The Labute approximate surface area is 136 Å². The van der Waals surface area contributed by atoms with Gasteiger partial charge in [0.15, 0.2) is 5.78 Å². The molecule has 0 saturated heterocycles. The van der Waals surface area contributed by atoms with Crippen LogP contribution in [0.15, 0.2) is 40.6 Å². The van der Waals surface area contributed by atoms with Gasteiger partial charge in [-0.15, -0.1) is 0 Å². The maximum Gasteiger partial charge on any atom is 0.205 e. The molecule has 0 N–H and O–H groups in total. The van der Waals surface area contributed by atoms with Crippen LogP contribution in [0.3, 0.4) is 0 Å². The molecule has 0 atom stereocenters. The van der Waals surface area contributed by atoms with E-state index in [9.17, 15) is 4.79 Å². The number of carbonyl (C=O) groups is 1. The first-order chi connectivity index (χ1) is 10.9. The molecular weight excluding hydrogens is 290 g/mol. The fraction of sp³-hybridized carbons (Fsp3) is 0.474. The maximum atomic E-state index is 12.6. The number of hydrogen-bond donors (Lipinski definition) is 0. The van der Waals surface area contributed by atoms with E-state index in [0.717, 1.165) is 42.0 Å². The van der Waals surface area contributed by atoms with E-state index in [0.29, 0.717) is 12.3 Å². The van der Waals surface area contributed by atoms with Crippen LogP contribution in [-0.2, 0) is 9.53 Å². The van der Waals surface area contributed by atoms with Gasteiger partial charge >= 0.3 is 0 Å². The molecule has 1 aromatic rings. The van der Waals surface area contributed by atoms with Crippen molar-refractivity contribution in [3.63, 3.8) is 0 Å². The molecule has 4 heteroatoms. The Hall–Kier alpha value is -2.10. The van der Waals surface area contributed by atoms with Crippen LogP contribution >= 0.6 is 0 Å². The number of ether oxygens (including phenoxy) is 2. The number of carbonyl (C=O) groups excluding carboxylic acids is 1. The van der Waals surface area contributed by atoms with Crippen molar-refractivity contribution in [3.05, 3.63) is 35.6 Å². The fourth-order valence-electron chi connectivity index (χ4n) is 3.70. The highest BCUT2D eigenvalue weighted by molar-refractivity contribution is 6.10. The molecule has 0 radical (unpaired) electrons. The largest absolute Gasteiger partial charge is 0.497 e. The molecule has 0 amide bonds. The zero-order valence-corrected chi connectivity index (χ0v) is 13.8. The zero-order chi connectivity index (χ0) is 16.2. The highest BCUT2D eigenvalue weighted by Gasteiger charge is 2.61. The Morgan fingerprint density at radius 2 is 1.83 bits per heavy atom. The van der Waals surface area contributed by atoms with E-state index in [2.05, 4.69) is 13.8 Å². The molecule has 120 valence electrons. The molecule has 2 aliphatic carbocycles. The van der Waals surface area contributed by atoms with Gasteiger partial charge in [-0.1, -0.05) is 13.8 Å². The molecule has 1 saturated carbocycles. The summed E-state index contributed by atoms with van der Waals surface area (Å²) in [7, 11) is 1.64. The predicted octanol–water partition coefficient (Wildman–Crippen LogP) is 4.18. The monoisotopic (exact) mass is 311 g/mol. The Kier molecular flexibility index (Phi) is 2.96. The number of fused-ring (bicyclic) bond motifs is 1. The summed E-state index contributed by atoms with van der Waals surface area (Å²) in [5, 5.41) is 0. The molecule has 1 aromatic carbocycles. The fourth-order valence-corrected chi connectivity index (χ4v) is 3.70. The number of nitrogens with zero attached hydrogens (tertiary/aromatic N) is 1. The molecular formula is C19H21NO3. The molecule has 1 fully saturated rings. The third-order valence-electron chi connectivity index (χ3n) is 5.00. The van der Waals surface area contributed by atoms with Crippen molar-refractivity contribution in [1.29, 1.82) is 0 Å². The lowest BCUT2D eigenvalue weighted by Gasteiger charge is -2.28. The average Bonchev–Trinajstić information content (AvgIpc) is 3.21. The van der Waals surface area contributed by atoms with E-state index >= 15 is 0 Å². The Balaban J connectivity index is 1.68. The summed E-state index contributed by atoms with van der Waals surface area (Å²) in [6.07, 6.45) is 3.35. The summed E-state index contributed by atoms with van der Waals surface area (Å²) >= 11 is 0. The van der Waals surface area contributed by atoms with E-state index in [1.165, 1.54) is 0 Å². The lowest BCUT2D eigenvalue weighted by Crippen LogP contribution is -2.27. The molecule has 23 heavy (non-hydrogen) atoms. The van der Waals surface area contributed by atoms with Crippen LogP contribution in [0.1, 0.15) is 39.5 Å². The smallest absolute Gasteiger partial charge is 0.205 e. The van der Waals surface area contributed by atoms with Gasteiger partial charge in [-0.05, 0) is 42.5 Å². The van der Waals surface area contributed by atoms with Crippen molar-refractivity contribution >= 4 is 17.4 Å². The molecule has 1 heterocycles. The number of allylic oxidation sites excluding steroid dienone is 1. The summed E-state index contributed by atoms with van der Waals surface area (Å²) in [5.74, 6) is 2.61. The third kappa shape index (κ3) is 2.28. The van der Waals surface area contributed by atoms with E-state index in [-0.39, 0.29) is 16.6 Å². The predicted molar refractivity (Wildman–Crippen MR) is 87.9 cm³/mol. The Morgan fingerprint density at radius 1 is 1.13 bits per heavy atom. The second kappa shape index (κ2) is 4.70. The van der Waals surface area contributed by atoms with Crippen molar-refractivity contribution < 1.29 is 14.3 Å². The molecule has 4 nitrogen and oxygen atoms in total. The molecule has 0 unspecified atom stereocenters. The van der Waals surface area contributed by atoms with Crippen molar-refractivity contribution in [2.24, 2.45) is 15.8 Å². The van der Waals surface area contributed by atoms with Crippen LogP contribution in [-0.4, -0.2) is 18.8 Å². The van der Waals surface area contributed by atoms with Crippen molar-refractivity contribution in [1.82, 2.24) is 0 Å². The van der Waals surface area contributed by atoms with Crippen LogP contribution in [0.25, 0.3) is 0 Å². The molecule has 1 aliphatic heterocycles. The first-order valence-electron chi connectivity index (χ1n) is 8.11. The van der Waals surface area contributed by atoms with Crippen molar-refractivity contribution in [2.45, 2.75) is 39.5 Å². The quantitative estimate of drug-likeness (QED) is 0.823. The van der Waals surface area contributed by atoms with Gasteiger partial charge in [0.2, 0.25) is 5.90 Å². The van der Waals surface area contributed by atoms with Crippen LogP contribution in [0.2, 0.25) is 0 Å². The van der Waals surface area contributed by atoms with Crippen LogP contribution < -0.4 is 4.74 Å². The van der Waals surface area contributed by atoms with E-state index in [1.54, 1.807) is 7.11 Å². The van der Waals surface area contributed by atoms with E-state index in [4.69, 9.17) is 14.5 Å². The van der Waals surface area contributed by atoms with Crippen molar-refractivity contribution in [2.75, 3.05) is 7.11 Å². The zero-order valence-electron chi connectivity index (χ0n) is 13.8. The SMILES string of the molecule is COc1ccc(N=C2OC3=C(C(=O)CC(C)(C)C3)C23CC3)cc1. The Bertz CT molecular complexity index is 736. The number of hydrogen-bond acceptors (Lipinski definition) is 4. The summed E-state index contributed by atoms with van der Waals surface area (Å²) in [5.41, 5.74) is 1.48. The van der Waals surface area contributed by atoms with Gasteiger partial charge in [-0.3, -0.25) is 4.79 Å². The van der Waals surface area contributed by atoms with Gasteiger partial charge in [0.05, 0.1) is 18.2 Å². The topological polar surface area (TPSA) is 47.9 Å². The van der Waals surface area contributed by atoms with E-state index < -0.39 is 0 Å². The minimum Gasteiger partial charge on any atom is -0.497 e. The molecule has 1 spiro atoms. The van der Waals surface area contributed by atoms with Gasteiger partial charge < -0.3 is 9.47 Å². The summed E-state index contributed by atoms with van der Waals surface area (Å²) < 4.78 is 11.3. The molecule has 4 rings (SSSR count). The second-order valence-electron chi connectivity index (χ2n) is 7.54. The lowest BCUT2D eigenvalue weighted by atomic mass is 9.74. The molecule has 3 aliphatic rings. The van der Waals surface area contributed by atoms with Crippen molar-refractivity contribution in [3.8, 4) is 5.75 Å². The Morgan fingerprint density at radius 3 is 2.43 bits per heavy atom. The molecule has 0 bridgehead atoms. The number of rotatable bonds is 2. The third-order valence-corrected chi connectivity index (χ3v) is 5.00. The highest BCUT2D eigenvalue weighted by atomic mass is 16.5. The summed E-state index contributed by atoms with van der Waals surface area (Å²) in [6, 6.07) is 7.59. The minimum absolute atomic E-state index is 0.0262. The van der Waals surface area contributed by atoms with Gasteiger partial charge in [0.1, 0.15) is 11.5 Å². The maximum absolute atomic E-state index is 12.6. The van der Waals surface area contributed by atoms with Crippen LogP contribution in [0, 0.1) is 10.8 Å². The molecule has 0 aromatic heterocycles. The standard InChI is InChI=1S/C19H21NO3/c1-18(2)10-14(21)16-15(11-18)23-17(19(16)8-9-19)20-12-4-6-13(22-3)7-5-12/h4-7H,8-11H2,1-3H3. The van der Waals surface area contributed by atoms with Gasteiger partial charge in [0, 0.05) is 18.4 Å². The first-order valence-corrected chi connectivity index (χ1v) is 8.11. The summed E-state index contributed by atoms with van der Waals surface area (Å²) in [4.78, 5) is 17.3.